The fourth-order valence-electron chi connectivity index (χ4n) is 1.74. The van der Waals surface area contributed by atoms with Crippen molar-refractivity contribution in [2.24, 2.45) is 11.7 Å². The number of aliphatic hydroxyl groups excluding tert-OH is 1. The predicted octanol–water partition coefficient (Wildman–Crippen LogP) is 1.31. The number of hydrogen-bond acceptors (Lipinski definition) is 2. The van der Waals surface area contributed by atoms with E-state index in [4.69, 9.17) is 5.73 Å². The molecule has 1 aliphatic rings. The van der Waals surface area contributed by atoms with Crippen molar-refractivity contribution in [2.45, 2.75) is 38.2 Å². The molecule has 0 aromatic carbocycles. The molecule has 0 aromatic heterocycles. The van der Waals surface area contributed by atoms with E-state index in [2.05, 4.69) is 0 Å². The summed E-state index contributed by atoms with van der Waals surface area (Å²) in [6.07, 6.45) is 5.59. The topological polar surface area (TPSA) is 46.2 Å². The highest BCUT2D eigenvalue weighted by Gasteiger charge is 2.21. The Labute approximate surface area is 74.6 Å². The maximum atomic E-state index is 9.44. The molecule has 68 valence electrons. The average Bonchev–Trinajstić information content (AvgIpc) is 1.94. The standard InChI is InChI=1S/C8H17NO.ClH/c9-6-5-7-3-1-2-4-8(7)10;/h7-8,10H,1-6,9H2;1H/t7-,8+;/m0./s1. The van der Waals surface area contributed by atoms with Gasteiger partial charge in [0.1, 0.15) is 0 Å². The van der Waals surface area contributed by atoms with E-state index in [1.54, 1.807) is 0 Å². The highest BCUT2D eigenvalue weighted by atomic mass is 35.5. The average molecular weight is 180 g/mol. The molecule has 11 heavy (non-hydrogen) atoms. The number of rotatable bonds is 2. The minimum atomic E-state index is -0.0581. The van der Waals surface area contributed by atoms with Gasteiger partial charge in [-0.3, -0.25) is 0 Å². The third-order valence-electron chi connectivity index (χ3n) is 2.41. The third kappa shape index (κ3) is 3.41. The monoisotopic (exact) mass is 179 g/mol. The van der Waals surface area contributed by atoms with Gasteiger partial charge in [0.25, 0.3) is 0 Å². The molecule has 0 aliphatic heterocycles. The Morgan fingerprint density at radius 1 is 1.27 bits per heavy atom. The Kier molecular flexibility index (Phi) is 5.92. The molecule has 0 spiro atoms. The molecule has 3 heteroatoms. The lowest BCUT2D eigenvalue weighted by molar-refractivity contribution is 0.0666. The van der Waals surface area contributed by atoms with Gasteiger partial charge in [0.15, 0.2) is 0 Å². The normalized spacial score (nSPS) is 31.1. The Balaban J connectivity index is 0.000001000. The quantitative estimate of drug-likeness (QED) is 0.672. The summed E-state index contributed by atoms with van der Waals surface area (Å²) in [6.45, 7) is 0.724. The smallest absolute Gasteiger partial charge is 0.0568 e. The lowest BCUT2D eigenvalue weighted by Crippen LogP contribution is -2.26. The number of halogens is 1. The fourth-order valence-corrected chi connectivity index (χ4v) is 1.74. The summed E-state index contributed by atoms with van der Waals surface area (Å²) in [5, 5.41) is 9.44. The van der Waals surface area contributed by atoms with Crippen LogP contribution in [0.15, 0.2) is 0 Å². The lowest BCUT2D eigenvalue weighted by atomic mass is 9.84. The molecule has 0 heterocycles. The molecule has 1 fully saturated rings. The first-order valence-corrected chi connectivity index (χ1v) is 4.22. The number of hydrogen-bond donors (Lipinski definition) is 2. The lowest BCUT2D eigenvalue weighted by Gasteiger charge is -2.26. The molecule has 1 rings (SSSR count). The Hall–Kier alpha value is 0.210. The second kappa shape index (κ2) is 5.81. The van der Waals surface area contributed by atoms with Gasteiger partial charge in [-0.2, -0.15) is 0 Å². The van der Waals surface area contributed by atoms with Crippen LogP contribution in [0.5, 0.6) is 0 Å². The highest BCUT2D eigenvalue weighted by molar-refractivity contribution is 5.85. The third-order valence-corrected chi connectivity index (χ3v) is 2.41. The van der Waals surface area contributed by atoms with Crippen molar-refractivity contribution in [3.8, 4) is 0 Å². The molecule has 3 N–H and O–H groups in total. The van der Waals surface area contributed by atoms with E-state index in [1.807, 2.05) is 0 Å². The van der Waals surface area contributed by atoms with Crippen LogP contribution in [0.2, 0.25) is 0 Å². The van der Waals surface area contributed by atoms with E-state index in [0.717, 1.165) is 19.4 Å². The van der Waals surface area contributed by atoms with Crippen LogP contribution in [0.4, 0.5) is 0 Å². The molecule has 0 radical (unpaired) electrons. The number of nitrogens with two attached hydrogens (primary N) is 1. The molecule has 0 aromatic rings. The molecule has 1 saturated carbocycles. The van der Waals surface area contributed by atoms with Crippen molar-refractivity contribution < 1.29 is 5.11 Å². The van der Waals surface area contributed by atoms with Gasteiger partial charge < -0.3 is 10.8 Å². The van der Waals surface area contributed by atoms with Gasteiger partial charge in [0, 0.05) is 0 Å². The Bertz CT molecular complexity index is 98.1. The van der Waals surface area contributed by atoms with Crippen LogP contribution < -0.4 is 5.73 Å². The van der Waals surface area contributed by atoms with E-state index < -0.39 is 0 Å². The summed E-state index contributed by atoms with van der Waals surface area (Å²) in [7, 11) is 0. The first-order valence-electron chi connectivity index (χ1n) is 4.22. The Morgan fingerprint density at radius 3 is 2.45 bits per heavy atom. The van der Waals surface area contributed by atoms with E-state index in [1.165, 1.54) is 19.3 Å². The molecular formula is C8H18ClNO. The van der Waals surface area contributed by atoms with E-state index in [-0.39, 0.29) is 18.5 Å². The van der Waals surface area contributed by atoms with Gasteiger partial charge in [-0.15, -0.1) is 12.4 Å². The van der Waals surface area contributed by atoms with Crippen molar-refractivity contribution in [3.63, 3.8) is 0 Å². The summed E-state index contributed by atoms with van der Waals surface area (Å²) in [5.74, 6) is 0.499. The highest BCUT2D eigenvalue weighted by Crippen LogP contribution is 2.26. The maximum Gasteiger partial charge on any atom is 0.0568 e. The van der Waals surface area contributed by atoms with E-state index in [9.17, 15) is 5.11 Å². The van der Waals surface area contributed by atoms with Crippen LogP contribution in [-0.4, -0.2) is 17.8 Å². The van der Waals surface area contributed by atoms with Gasteiger partial charge in [-0.05, 0) is 31.7 Å². The molecule has 0 amide bonds. The van der Waals surface area contributed by atoms with Crippen molar-refractivity contribution in [2.75, 3.05) is 6.54 Å². The molecule has 2 atom stereocenters. The van der Waals surface area contributed by atoms with Gasteiger partial charge >= 0.3 is 0 Å². The maximum absolute atomic E-state index is 9.44. The predicted molar refractivity (Wildman–Crippen MR) is 48.9 cm³/mol. The molecule has 1 aliphatic carbocycles. The molecular weight excluding hydrogens is 162 g/mol. The minimum absolute atomic E-state index is 0. The summed E-state index contributed by atoms with van der Waals surface area (Å²) in [5.41, 5.74) is 5.41. The first kappa shape index (κ1) is 11.2. The van der Waals surface area contributed by atoms with Crippen molar-refractivity contribution in [1.82, 2.24) is 0 Å². The second-order valence-corrected chi connectivity index (χ2v) is 3.19. The minimum Gasteiger partial charge on any atom is -0.393 e. The van der Waals surface area contributed by atoms with E-state index in [0.29, 0.717) is 5.92 Å². The SMILES string of the molecule is Cl.NCC[C@@H]1CCCC[C@H]1O. The molecule has 0 unspecified atom stereocenters. The zero-order chi connectivity index (χ0) is 7.40. The largest absolute Gasteiger partial charge is 0.393 e. The summed E-state index contributed by atoms with van der Waals surface area (Å²) in [6, 6.07) is 0. The second-order valence-electron chi connectivity index (χ2n) is 3.19. The van der Waals surface area contributed by atoms with Crippen LogP contribution in [0.25, 0.3) is 0 Å². The van der Waals surface area contributed by atoms with Crippen molar-refractivity contribution in [3.05, 3.63) is 0 Å². The van der Waals surface area contributed by atoms with Crippen LogP contribution in [0, 0.1) is 5.92 Å². The van der Waals surface area contributed by atoms with Gasteiger partial charge in [-0.25, -0.2) is 0 Å². The molecule has 0 saturated heterocycles. The van der Waals surface area contributed by atoms with Crippen molar-refractivity contribution in [1.29, 1.82) is 0 Å². The van der Waals surface area contributed by atoms with Crippen molar-refractivity contribution >= 4 is 12.4 Å². The van der Waals surface area contributed by atoms with Crippen LogP contribution in [0.3, 0.4) is 0 Å². The Morgan fingerprint density at radius 2 is 1.91 bits per heavy atom. The van der Waals surface area contributed by atoms with E-state index >= 15 is 0 Å². The summed E-state index contributed by atoms with van der Waals surface area (Å²) in [4.78, 5) is 0. The summed E-state index contributed by atoms with van der Waals surface area (Å²) < 4.78 is 0. The molecule has 0 bridgehead atoms. The summed E-state index contributed by atoms with van der Waals surface area (Å²) >= 11 is 0. The van der Waals surface area contributed by atoms with Crippen LogP contribution in [-0.2, 0) is 0 Å². The first-order chi connectivity index (χ1) is 4.84. The fraction of sp³-hybridized carbons (Fsp3) is 1.00. The van der Waals surface area contributed by atoms with Crippen LogP contribution in [0.1, 0.15) is 32.1 Å². The zero-order valence-electron chi connectivity index (χ0n) is 6.83. The van der Waals surface area contributed by atoms with Crippen LogP contribution >= 0.6 is 12.4 Å². The zero-order valence-corrected chi connectivity index (χ0v) is 7.65. The van der Waals surface area contributed by atoms with Gasteiger partial charge in [0.2, 0.25) is 0 Å². The van der Waals surface area contributed by atoms with Gasteiger partial charge in [-0.1, -0.05) is 12.8 Å². The molecule has 2 nitrogen and oxygen atoms in total. The number of aliphatic hydroxyl groups is 1. The van der Waals surface area contributed by atoms with Gasteiger partial charge in [0.05, 0.1) is 6.10 Å².